The van der Waals surface area contributed by atoms with Gasteiger partial charge in [-0.25, -0.2) is 8.78 Å². The van der Waals surface area contributed by atoms with E-state index in [0.29, 0.717) is 6.42 Å². The zero-order valence-corrected chi connectivity index (χ0v) is 15.2. The van der Waals surface area contributed by atoms with E-state index in [0.717, 1.165) is 18.0 Å². The van der Waals surface area contributed by atoms with Crippen LogP contribution in [0.25, 0.3) is 0 Å². The fourth-order valence-corrected chi connectivity index (χ4v) is 2.83. The summed E-state index contributed by atoms with van der Waals surface area (Å²) in [4.78, 5) is 0. The van der Waals surface area contributed by atoms with Crippen LogP contribution in [0.3, 0.4) is 0 Å². The van der Waals surface area contributed by atoms with E-state index in [1.165, 1.54) is 12.1 Å². The number of hydrogen-bond acceptors (Lipinski definition) is 3. The van der Waals surface area contributed by atoms with Gasteiger partial charge in [-0.3, -0.25) is 0 Å². The highest BCUT2D eigenvalue weighted by Crippen LogP contribution is 2.12. The Morgan fingerprint density at radius 2 is 1.64 bits per heavy atom. The predicted octanol–water partition coefficient (Wildman–Crippen LogP) is 3.55. The lowest BCUT2D eigenvalue weighted by Gasteiger charge is -2.23. The zero-order valence-electron chi connectivity index (χ0n) is 13.8. The summed E-state index contributed by atoms with van der Waals surface area (Å²) in [5.41, 5.74) is 0.807. The van der Waals surface area contributed by atoms with Crippen molar-refractivity contribution >= 4 is 9.76 Å². The molecular weight excluding hydrogens is 306 g/mol. The van der Waals surface area contributed by atoms with Gasteiger partial charge in [0.25, 0.3) is 6.48 Å². The third kappa shape index (κ3) is 7.98. The number of ether oxygens (including phenoxy) is 2. The molecular formula is C16H26F2O3Si. The van der Waals surface area contributed by atoms with Crippen LogP contribution in [0.15, 0.2) is 18.2 Å². The van der Waals surface area contributed by atoms with Crippen LogP contribution in [0.2, 0.25) is 6.04 Å². The predicted molar refractivity (Wildman–Crippen MR) is 85.3 cm³/mol. The van der Waals surface area contributed by atoms with Crippen molar-refractivity contribution in [2.45, 2.75) is 65.3 Å². The van der Waals surface area contributed by atoms with Crippen LogP contribution < -0.4 is 0 Å². The van der Waals surface area contributed by atoms with Crippen molar-refractivity contribution in [3.05, 3.63) is 35.4 Å². The first-order chi connectivity index (χ1) is 10.4. The minimum absolute atomic E-state index is 0.0416. The quantitative estimate of drug-likeness (QED) is 0.372. The van der Waals surface area contributed by atoms with Crippen LogP contribution in [-0.2, 0) is 20.3 Å². The van der Waals surface area contributed by atoms with E-state index in [4.69, 9.17) is 13.9 Å². The van der Waals surface area contributed by atoms with E-state index < -0.39 is 27.9 Å². The summed E-state index contributed by atoms with van der Waals surface area (Å²) in [5.74, 6) is -1.59. The molecule has 0 radical (unpaired) electrons. The van der Waals surface area contributed by atoms with Crippen LogP contribution >= 0.6 is 0 Å². The lowest BCUT2D eigenvalue weighted by Crippen LogP contribution is -2.28. The zero-order chi connectivity index (χ0) is 16.5. The topological polar surface area (TPSA) is 27.7 Å². The molecule has 1 rings (SSSR count). The third-order valence-corrected chi connectivity index (χ3v) is 4.16. The first kappa shape index (κ1) is 19.2. The van der Waals surface area contributed by atoms with Crippen molar-refractivity contribution < 1.29 is 22.7 Å². The fraction of sp³-hybridized carbons (Fsp3) is 0.625. The summed E-state index contributed by atoms with van der Waals surface area (Å²) in [7, 11) is -0.773. The van der Waals surface area contributed by atoms with Gasteiger partial charge >= 0.3 is 0 Å². The second-order valence-electron chi connectivity index (χ2n) is 5.73. The Hall–Kier alpha value is -0.823. The van der Waals surface area contributed by atoms with Crippen molar-refractivity contribution in [2.75, 3.05) is 0 Å². The molecule has 0 heterocycles. The van der Waals surface area contributed by atoms with Gasteiger partial charge in [0.15, 0.2) is 21.4 Å². The lowest BCUT2D eigenvalue weighted by atomic mass is 10.1. The van der Waals surface area contributed by atoms with Crippen molar-refractivity contribution in [3.63, 3.8) is 0 Å². The minimum Gasteiger partial charge on any atom is -0.379 e. The lowest BCUT2D eigenvalue weighted by molar-refractivity contribution is -0.275. The van der Waals surface area contributed by atoms with E-state index in [1.807, 2.05) is 27.7 Å². The van der Waals surface area contributed by atoms with E-state index >= 15 is 0 Å². The standard InChI is InChI=1S/C16H26F2O3Si/c1-11(2)19-16(20-12(3)4)21-22-9-5-6-13-7-8-14(17)15(18)10-13/h7-8,10-12,16H,5-6,9,22H2,1-4H3. The van der Waals surface area contributed by atoms with Crippen molar-refractivity contribution in [1.82, 2.24) is 0 Å². The molecule has 0 atom stereocenters. The number of halogens is 2. The molecule has 0 saturated carbocycles. The van der Waals surface area contributed by atoms with Gasteiger partial charge in [-0.15, -0.1) is 0 Å². The number of aryl methyl sites for hydroxylation is 1. The minimum atomic E-state index is -0.805. The van der Waals surface area contributed by atoms with Crippen LogP contribution in [0, 0.1) is 11.6 Å². The first-order valence-electron chi connectivity index (χ1n) is 7.75. The van der Waals surface area contributed by atoms with E-state index in [2.05, 4.69) is 0 Å². The second-order valence-corrected chi connectivity index (χ2v) is 7.18. The van der Waals surface area contributed by atoms with E-state index in [1.54, 1.807) is 6.07 Å². The van der Waals surface area contributed by atoms with Crippen LogP contribution in [0.5, 0.6) is 0 Å². The fourth-order valence-electron chi connectivity index (χ4n) is 1.86. The summed E-state index contributed by atoms with van der Waals surface area (Å²) in [5, 5.41) is 0. The van der Waals surface area contributed by atoms with Crippen molar-refractivity contribution in [1.29, 1.82) is 0 Å². The van der Waals surface area contributed by atoms with E-state index in [9.17, 15) is 8.78 Å². The normalized spacial score (nSPS) is 12.4. The van der Waals surface area contributed by atoms with Gasteiger partial charge in [0.1, 0.15) is 0 Å². The Labute approximate surface area is 133 Å². The summed E-state index contributed by atoms with van der Waals surface area (Å²) >= 11 is 0. The highest BCUT2D eigenvalue weighted by atomic mass is 28.2. The third-order valence-electron chi connectivity index (χ3n) is 2.86. The van der Waals surface area contributed by atoms with Crippen molar-refractivity contribution in [2.24, 2.45) is 0 Å². The van der Waals surface area contributed by atoms with Crippen LogP contribution in [0.4, 0.5) is 8.78 Å². The molecule has 1 aromatic rings. The average Bonchev–Trinajstić information content (AvgIpc) is 2.40. The molecule has 0 unspecified atom stereocenters. The molecule has 0 aliphatic carbocycles. The van der Waals surface area contributed by atoms with Gasteiger partial charge < -0.3 is 13.9 Å². The largest absolute Gasteiger partial charge is 0.379 e. The summed E-state index contributed by atoms with van der Waals surface area (Å²) in [6, 6.07) is 4.97. The van der Waals surface area contributed by atoms with Gasteiger partial charge in [-0.05, 0) is 57.9 Å². The van der Waals surface area contributed by atoms with Gasteiger partial charge in [0.05, 0.1) is 12.2 Å². The maximum atomic E-state index is 13.1. The molecule has 0 saturated heterocycles. The average molecular weight is 332 g/mol. The Balaban J connectivity index is 2.26. The molecule has 0 amide bonds. The Morgan fingerprint density at radius 1 is 1.00 bits per heavy atom. The summed E-state index contributed by atoms with van der Waals surface area (Å²) in [6.45, 7) is 7.14. The maximum Gasteiger partial charge on any atom is 0.262 e. The smallest absolute Gasteiger partial charge is 0.262 e. The Morgan fingerprint density at radius 3 is 2.18 bits per heavy atom. The molecule has 0 bridgehead atoms. The van der Waals surface area contributed by atoms with Crippen LogP contribution in [-0.4, -0.2) is 28.4 Å². The molecule has 0 aliphatic heterocycles. The maximum absolute atomic E-state index is 13.1. The number of benzene rings is 1. The molecule has 0 aromatic heterocycles. The highest BCUT2D eigenvalue weighted by molar-refractivity contribution is 6.27. The van der Waals surface area contributed by atoms with Crippen molar-refractivity contribution in [3.8, 4) is 0 Å². The van der Waals surface area contributed by atoms with Gasteiger partial charge in [-0.1, -0.05) is 12.5 Å². The second kappa shape index (κ2) is 10.0. The first-order valence-corrected chi connectivity index (χ1v) is 9.32. The molecule has 0 N–H and O–H groups in total. The van der Waals surface area contributed by atoms with Gasteiger partial charge in [0.2, 0.25) is 0 Å². The molecule has 1 aromatic carbocycles. The molecule has 22 heavy (non-hydrogen) atoms. The summed E-state index contributed by atoms with van der Waals surface area (Å²) in [6.07, 6.45) is 1.68. The van der Waals surface area contributed by atoms with Crippen LogP contribution in [0.1, 0.15) is 39.7 Å². The van der Waals surface area contributed by atoms with E-state index in [-0.39, 0.29) is 12.2 Å². The molecule has 6 heteroatoms. The van der Waals surface area contributed by atoms with Gasteiger partial charge in [-0.2, -0.15) is 0 Å². The highest BCUT2D eigenvalue weighted by Gasteiger charge is 2.13. The molecule has 3 nitrogen and oxygen atoms in total. The summed E-state index contributed by atoms with van der Waals surface area (Å²) < 4.78 is 42.7. The molecule has 0 spiro atoms. The number of hydrogen-bond donors (Lipinski definition) is 0. The Kier molecular flexibility index (Phi) is 8.78. The molecule has 0 aliphatic rings. The van der Waals surface area contributed by atoms with Gasteiger partial charge in [0, 0.05) is 0 Å². The SMILES string of the molecule is CC(C)OC(O[SiH2]CCCc1ccc(F)c(F)c1)OC(C)C. The molecule has 0 fully saturated rings. The molecule has 126 valence electrons. The Bertz CT molecular complexity index is 431. The monoisotopic (exact) mass is 332 g/mol. The number of rotatable bonds is 10.